The lowest BCUT2D eigenvalue weighted by molar-refractivity contribution is -0.133. The predicted molar refractivity (Wildman–Crippen MR) is 42.5 cm³/mol. The van der Waals surface area contributed by atoms with Gasteiger partial charge in [-0.25, -0.2) is 0 Å². The van der Waals surface area contributed by atoms with Gasteiger partial charge in [0, 0.05) is 0 Å². The summed E-state index contributed by atoms with van der Waals surface area (Å²) in [4.78, 5) is 23.5. The molecule has 0 aromatic heterocycles. The smallest absolute Gasteiger partial charge is 0.231 e. The maximum atomic E-state index is 11.2. The first-order chi connectivity index (χ1) is 5.47. The Bertz CT molecular complexity index is 222. The molecular formula is C8H13NO3. The highest BCUT2D eigenvalue weighted by Gasteiger charge is 2.37. The Balaban J connectivity index is 2.76. The third-order valence-corrected chi connectivity index (χ3v) is 2.10. The van der Waals surface area contributed by atoms with E-state index in [9.17, 15) is 9.59 Å². The highest BCUT2D eigenvalue weighted by Crippen LogP contribution is 2.19. The molecule has 68 valence electrons. The minimum atomic E-state index is -0.608. The van der Waals surface area contributed by atoms with Gasteiger partial charge in [-0.3, -0.25) is 9.59 Å². The molecule has 0 radical (unpaired) electrons. The first-order valence-corrected chi connectivity index (χ1v) is 3.90. The van der Waals surface area contributed by atoms with Gasteiger partial charge < -0.3 is 10.0 Å². The zero-order valence-corrected chi connectivity index (χ0v) is 7.33. The molecule has 1 amide bonds. The minimum absolute atomic E-state index is 0.0105. The number of amides is 1. The number of carbonyl (C=O) groups excluding carboxylic acids is 2. The van der Waals surface area contributed by atoms with Gasteiger partial charge in [0.15, 0.2) is 5.78 Å². The van der Waals surface area contributed by atoms with Crippen LogP contribution in [0.5, 0.6) is 0 Å². The lowest BCUT2D eigenvalue weighted by atomic mass is 10.1. The van der Waals surface area contributed by atoms with Crippen LogP contribution < -0.4 is 0 Å². The molecule has 0 spiro atoms. The molecule has 0 aliphatic carbocycles. The molecule has 0 unspecified atom stereocenters. The van der Waals surface area contributed by atoms with E-state index in [1.54, 1.807) is 13.8 Å². The zero-order chi connectivity index (χ0) is 9.35. The van der Waals surface area contributed by atoms with E-state index in [1.165, 1.54) is 4.90 Å². The van der Waals surface area contributed by atoms with Crippen molar-refractivity contribution in [2.75, 3.05) is 13.2 Å². The van der Waals surface area contributed by atoms with E-state index in [0.717, 1.165) is 0 Å². The number of ketones is 1. The fourth-order valence-corrected chi connectivity index (χ4v) is 1.22. The van der Waals surface area contributed by atoms with E-state index >= 15 is 0 Å². The van der Waals surface area contributed by atoms with Crippen molar-refractivity contribution < 1.29 is 14.7 Å². The van der Waals surface area contributed by atoms with E-state index < -0.39 is 5.54 Å². The van der Waals surface area contributed by atoms with Gasteiger partial charge in [0.25, 0.3) is 0 Å². The van der Waals surface area contributed by atoms with Crippen LogP contribution in [0.3, 0.4) is 0 Å². The monoisotopic (exact) mass is 171 g/mol. The van der Waals surface area contributed by atoms with Gasteiger partial charge in [-0.05, 0) is 13.8 Å². The lowest BCUT2D eigenvalue weighted by Crippen LogP contribution is -2.47. The van der Waals surface area contributed by atoms with Crippen molar-refractivity contribution in [2.24, 2.45) is 0 Å². The zero-order valence-electron chi connectivity index (χ0n) is 7.33. The molecular weight excluding hydrogens is 158 g/mol. The van der Waals surface area contributed by atoms with Crippen LogP contribution in [0.1, 0.15) is 20.3 Å². The van der Waals surface area contributed by atoms with Crippen molar-refractivity contribution in [1.82, 2.24) is 4.90 Å². The van der Waals surface area contributed by atoms with E-state index in [-0.39, 0.29) is 31.3 Å². The van der Waals surface area contributed by atoms with Crippen LogP contribution in [-0.2, 0) is 9.59 Å². The van der Waals surface area contributed by atoms with E-state index in [0.29, 0.717) is 0 Å². The summed E-state index contributed by atoms with van der Waals surface area (Å²) in [6.07, 6.45) is -0.0105. The maximum absolute atomic E-state index is 11.2. The van der Waals surface area contributed by atoms with Crippen LogP contribution >= 0.6 is 0 Å². The first kappa shape index (κ1) is 9.19. The fourth-order valence-electron chi connectivity index (χ4n) is 1.22. The van der Waals surface area contributed by atoms with Crippen LogP contribution in [0.2, 0.25) is 0 Å². The van der Waals surface area contributed by atoms with Crippen LogP contribution in [0.25, 0.3) is 0 Å². The quantitative estimate of drug-likeness (QED) is 0.573. The summed E-state index contributed by atoms with van der Waals surface area (Å²) in [7, 11) is 0. The second kappa shape index (κ2) is 2.86. The van der Waals surface area contributed by atoms with Crippen molar-refractivity contribution in [2.45, 2.75) is 25.8 Å². The average Bonchev–Trinajstić information content (AvgIpc) is 2.31. The fraction of sp³-hybridized carbons (Fsp3) is 0.750. The third kappa shape index (κ3) is 1.48. The molecule has 1 heterocycles. The van der Waals surface area contributed by atoms with E-state index in [4.69, 9.17) is 5.11 Å². The SMILES string of the molecule is CC(C)(CO)N1CC(=O)CC1=O. The van der Waals surface area contributed by atoms with Crippen molar-refractivity contribution in [1.29, 1.82) is 0 Å². The van der Waals surface area contributed by atoms with Crippen molar-refractivity contribution in [3.63, 3.8) is 0 Å². The summed E-state index contributed by atoms with van der Waals surface area (Å²) in [5.74, 6) is -0.249. The molecule has 0 bridgehead atoms. The van der Waals surface area contributed by atoms with Gasteiger partial charge in [-0.15, -0.1) is 0 Å². The van der Waals surface area contributed by atoms with Gasteiger partial charge in [-0.1, -0.05) is 0 Å². The third-order valence-electron chi connectivity index (χ3n) is 2.10. The molecule has 0 aromatic carbocycles. The molecule has 1 fully saturated rings. The highest BCUT2D eigenvalue weighted by molar-refractivity contribution is 6.05. The van der Waals surface area contributed by atoms with Gasteiger partial charge in [0.05, 0.1) is 25.1 Å². The van der Waals surface area contributed by atoms with Crippen LogP contribution in [0, 0.1) is 0 Å². The summed E-state index contributed by atoms with van der Waals surface area (Å²) in [6.45, 7) is 3.51. The molecule has 12 heavy (non-hydrogen) atoms. The second-order valence-corrected chi connectivity index (χ2v) is 3.67. The lowest BCUT2D eigenvalue weighted by Gasteiger charge is -2.32. The topological polar surface area (TPSA) is 57.6 Å². The predicted octanol–water partition coefficient (Wildman–Crippen LogP) is -0.441. The van der Waals surface area contributed by atoms with Crippen molar-refractivity contribution in [3.8, 4) is 0 Å². The molecule has 4 heteroatoms. The number of aliphatic hydroxyl groups is 1. The number of likely N-dealkylation sites (tertiary alicyclic amines) is 1. The molecule has 1 rings (SSSR count). The van der Waals surface area contributed by atoms with Crippen molar-refractivity contribution >= 4 is 11.7 Å². The number of hydrogen-bond donors (Lipinski definition) is 1. The summed E-state index contributed by atoms with van der Waals surface area (Å²) in [5, 5.41) is 8.95. The number of hydrogen-bond acceptors (Lipinski definition) is 3. The number of rotatable bonds is 2. The molecule has 1 aliphatic rings. The standard InChI is InChI=1S/C8H13NO3/c1-8(2,5-10)9-4-6(11)3-7(9)12/h10H,3-5H2,1-2H3. The summed E-state index contributed by atoms with van der Waals surface area (Å²) >= 11 is 0. The Kier molecular flexibility index (Phi) is 2.19. The number of nitrogens with zero attached hydrogens (tertiary/aromatic N) is 1. The Morgan fingerprint density at radius 1 is 1.50 bits per heavy atom. The summed E-state index contributed by atoms with van der Waals surface area (Å²) in [6, 6.07) is 0. The maximum Gasteiger partial charge on any atom is 0.231 e. The van der Waals surface area contributed by atoms with E-state index in [1.807, 2.05) is 0 Å². The van der Waals surface area contributed by atoms with Crippen LogP contribution in [0.15, 0.2) is 0 Å². The largest absolute Gasteiger partial charge is 0.394 e. The average molecular weight is 171 g/mol. The van der Waals surface area contributed by atoms with E-state index in [2.05, 4.69) is 0 Å². The Hall–Kier alpha value is -0.900. The minimum Gasteiger partial charge on any atom is -0.394 e. The van der Waals surface area contributed by atoms with Crippen molar-refractivity contribution in [3.05, 3.63) is 0 Å². The normalized spacial score (nSPS) is 19.1. The van der Waals surface area contributed by atoms with Crippen LogP contribution in [-0.4, -0.2) is 40.4 Å². The van der Waals surface area contributed by atoms with Gasteiger partial charge >= 0.3 is 0 Å². The molecule has 1 aliphatic heterocycles. The summed E-state index contributed by atoms with van der Waals surface area (Å²) in [5.41, 5.74) is -0.608. The van der Waals surface area contributed by atoms with Crippen LogP contribution in [0.4, 0.5) is 0 Å². The number of carbonyl (C=O) groups is 2. The Labute approximate surface area is 71.2 Å². The first-order valence-electron chi connectivity index (χ1n) is 3.90. The molecule has 1 saturated heterocycles. The number of Topliss-reactive ketones (excluding diaryl/α,β-unsaturated/α-hetero) is 1. The Morgan fingerprint density at radius 3 is 2.42 bits per heavy atom. The number of aliphatic hydroxyl groups excluding tert-OH is 1. The van der Waals surface area contributed by atoms with Gasteiger partial charge in [0.2, 0.25) is 5.91 Å². The van der Waals surface area contributed by atoms with Gasteiger partial charge in [0.1, 0.15) is 0 Å². The molecule has 4 nitrogen and oxygen atoms in total. The highest BCUT2D eigenvalue weighted by atomic mass is 16.3. The molecule has 0 saturated carbocycles. The Morgan fingerprint density at radius 2 is 2.08 bits per heavy atom. The molecule has 0 aromatic rings. The molecule has 0 atom stereocenters. The summed E-state index contributed by atoms with van der Waals surface area (Å²) < 4.78 is 0. The molecule has 1 N–H and O–H groups in total. The second-order valence-electron chi connectivity index (χ2n) is 3.67. The van der Waals surface area contributed by atoms with Gasteiger partial charge in [-0.2, -0.15) is 0 Å².